The van der Waals surface area contributed by atoms with Crippen LogP contribution in [0.2, 0.25) is 0 Å². The second kappa shape index (κ2) is 3.40. The van der Waals surface area contributed by atoms with Gasteiger partial charge in [0.1, 0.15) is 0 Å². The van der Waals surface area contributed by atoms with Gasteiger partial charge in [0.15, 0.2) is 6.23 Å². The fourth-order valence-electron chi connectivity index (χ4n) is 0.182. The summed E-state index contributed by atoms with van der Waals surface area (Å²) in [6.07, 6.45) is 0.826. The molecule has 0 radical (unpaired) electrons. The minimum atomic E-state index is -0.576. The first kappa shape index (κ1) is 7.39. The lowest BCUT2D eigenvalue weighted by atomic mass is 10.6. The maximum absolute atomic E-state index is 5.17. The van der Waals surface area contributed by atoms with Crippen LogP contribution in [0.25, 0.3) is 0 Å². The molecule has 0 aliphatic heterocycles. The normalized spacial score (nSPS) is 12.1. The molecule has 0 aliphatic carbocycles. The van der Waals surface area contributed by atoms with E-state index in [0.717, 1.165) is 0 Å². The maximum Gasteiger partial charge on any atom is 0.255 e. The van der Waals surface area contributed by atoms with Gasteiger partial charge in [0.05, 0.1) is 0 Å². The van der Waals surface area contributed by atoms with Crippen molar-refractivity contribution >= 4 is 17.4 Å². The van der Waals surface area contributed by atoms with Crippen LogP contribution in [0.15, 0.2) is 12.7 Å². The number of hydrogen-bond acceptors (Lipinski definition) is 3. The van der Waals surface area contributed by atoms with Gasteiger partial charge in [-0.15, -0.1) is 0 Å². The topological polar surface area (TPSA) is 61.3 Å². The standard InChI is InChI=1S/C4H8N2OS/c1-2-3(5)7-4(6)8/h2-3H,1,5H2,(H2,6,8). The third-order valence-corrected chi connectivity index (χ3v) is 0.581. The Morgan fingerprint density at radius 2 is 2.38 bits per heavy atom. The summed E-state index contributed by atoms with van der Waals surface area (Å²) in [5.74, 6) is 0. The first-order valence-corrected chi connectivity index (χ1v) is 2.42. The molecule has 0 aromatic rings. The number of ether oxygens (including phenoxy) is 1. The summed E-state index contributed by atoms with van der Waals surface area (Å²) in [6, 6.07) is 0. The number of nitrogens with two attached hydrogens (primary N) is 2. The Bertz CT molecular complexity index is 104. The van der Waals surface area contributed by atoms with Gasteiger partial charge >= 0.3 is 0 Å². The number of thiocarbonyl (C=S) groups is 1. The molecule has 0 spiro atoms. The Labute approximate surface area is 53.3 Å². The highest BCUT2D eigenvalue weighted by atomic mass is 32.1. The molecular formula is C4H8N2OS. The molecule has 1 unspecified atom stereocenters. The van der Waals surface area contributed by atoms with Crippen molar-refractivity contribution in [2.45, 2.75) is 6.23 Å². The highest BCUT2D eigenvalue weighted by molar-refractivity contribution is 7.80. The van der Waals surface area contributed by atoms with Gasteiger partial charge in [-0.05, 0) is 18.3 Å². The maximum atomic E-state index is 5.17. The molecule has 1 atom stereocenters. The molecular weight excluding hydrogens is 124 g/mol. The highest BCUT2D eigenvalue weighted by Gasteiger charge is 1.94. The zero-order chi connectivity index (χ0) is 6.57. The lowest BCUT2D eigenvalue weighted by molar-refractivity contribution is 0.248. The van der Waals surface area contributed by atoms with E-state index in [-0.39, 0.29) is 5.17 Å². The van der Waals surface area contributed by atoms with Crippen LogP contribution in [0.3, 0.4) is 0 Å². The minimum absolute atomic E-state index is 0.0580. The number of rotatable bonds is 2. The van der Waals surface area contributed by atoms with E-state index >= 15 is 0 Å². The predicted molar refractivity (Wildman–Crippen MR) is 36.0 cm³/mol. The Morgan fingerprint density at radius 3 is 2.50 bits per heavy atom. The molecule has 0 saturated heterocycles. The molecule has 0 amide bonds. The average Bonchev–Trinajstić information content (AvgIpc) is 1.65. The van der Waals surface area contributed by atoms with E-state index in [9.17, 15) is 0 Å². The van der Waals surface area contributed by atoms with E-state index in [0.29, 0.717) is 0 Å². The van der Waals surface area contributed by atoms with Crippen LogP contribution < -0.4 is 11.5 Å². The van der Waals surface area contributed by atoms with Crippen molar-refractivity contribution < 1.29 is 4.74 Å². The third kappa shape index (κ3) is 3.58. The largest absolute Gasteiger partial charge is 0.449 e. The molecule has 3 nitrogen and oxygen atoms in total. The van der Waals surface area contributed by atoms with E-state index < -0.39 is 6.23 Å². The molecule has 0 saturated carbocycles. The Balaban J connectivity index is 3.38. The average molecular weight is 132 g/mol. The van der Waals surface area contributed by atoms with E-state index in [4.69, 9.17) is 11.5 Å². The molecule has 0 heterocycles. The summed E-state index contributed by atoms with van der Waals surface area (Å²) in [7, 11) is 0. The van der Waals surface area contributed by atoms with Gasteiger partial charge in [0.2, 0.25) is 0 Å². The molecule has 0 rings (SSSR count). The Kier molecular flexibility index (Phi) is 3.14. The summed E-state index contributed by atoms with van der Waals surface area (Å²) in [4.78, 5) is 0. The lowest BCUT2D eigenvalue weighted by Crippen LogP contribution is -2.27. The van der Waals surface area contributed by atoms with Crippen LogP contribution >= 0.6 is 12.2 Å². The molecule has 46 valence electrons. The van der Waals surface area contributed by atoms with Crippen LogP contribution in [0.5, 0.6) is 0 Å². The van der Waals surface area contributed by atoms with Gasteiger partial charge in [0, 0.05) is 0 Å². The summed E-state index contributed by atoms with van der Waals surface area (Å²) >= 11 is 4.37. The fourth-order valence-corrected chi connectivity index (χ4v) is 0.293. The zero-order valence-electron chi connectivity index (χ0n) is 4.33. The van der Waals surface area contributed by atoms with Crippen LogP contribution in [-0.2, 0) is 4.74 Å². The second-order valence-corrected chi connectivity index (χ2v) is 1.54. The van der Waals surface area contributed by atoms with Crippen molar-refractivity contribution in [1.82, 2.24) is 0 Å². The third-order valence-electron chi connectivity index (χ3n) is 0.485. The first-order chi connectivity index (χ1) is 3.66. The summed E-state index contributed by atoms with van der Waals surface area (Å²) < 4.78 is 4.57. The summed E-state index contributed by atoms with van der Waals surface area (Å²) in [5, 5.41) is -0.0580. The van der Waals surface area contributed by atoms with Gasteiger partial charge in [-0.2, -0.15) is 0 Å². The van der Waals surface area contributed by atoms with Crippen molar-refractivity contribution in [3.63, 3.8) is 0 Å². The molecule has 0 fully saturated rings. The van der Waals surface area contributed by atoms with Crippen LogP contribution in [0, 0.1) is 0 Å². The monoisotopic (exact) mass is 132 g/mol. The van der Waals surface area contributed by atoms with Crippen molar-refractivity contribution in [3.05, 3.63) is 12.7 Å². The van der Waals surface area contributed by atoms with Crippen LogP contribution in [0.4, 0.5) is 0 Å². The SMILES string of the molecule is C=CC(N)OC(N)=S. The molecule has 4 N–H and O–H groups in total. The first-order valence-electron chi connectivity index (χ1n) is 2.01. The quantitative estimate of drug-likeness (QED) is 0.308. The molecule has 0 aromatic heterocycles. The zero-order valence-corrected chi connectivity index (χ0v) is 5.15. The van der Waals surface area contributed by atoms with E-state index in [1.54, 1.807) is 0 Å². The smallest absolute Gasteiger partial charge is 0.255 e. The van der Waals surface area contributed by atoms with Crippen molar-refractivity contribution in [2.75, 3.05) is 0 Å². The van der Waals surface area contributed by atoms with Gasteiger partial charge in [-0.25, -0.2) is 0 Å². The van der Waals surface area contributed by atoms with Crippen molar-refractivity contribution in [2.24, 2.45) is 11.5 Å². The van der Waals surface area contributed by atoms with E-state index in [1.807, 2.05) is 0 Å². The summed E-state index contributed by atoms with van der Waals surface area (Å²) in [6.45, 7) is 3.35. The fraction of sp³-hybridized carbons (Fsp3) is 0.250. The van der Waals surface area contributed by atoms with Crippen molar-refractivity contribution in [3.8, 4) is 0 Å². The van der Waals surface area contributed by atoms with Gasteiger partial charge in [-0.3, -0.25) is 5.73 Å². The van der Waals surface area contributed by atoms with Crippen molar-refractivity contribution in [1.29, 1.82) is 0 Å². The van der Waals surface area contributed by atoms with Gasteiger partial charge in [-0.1, -0.05) is 6.58 Å². The Hall–Kier alpha value is -0.610. The predicted octanol–water partition coefficient (Wildman–Crippen LogP) is -0.283. The molecule has 8 heavy (non-hydrogen) atoms. The van der Waals surface area contributed by atoms with Gasteiger partial charge < -0.3 is 10.5 Å². The van der Waals surface area contributed by atoms with E-state index in [2.05, 4.69) is 23.5 Å². The summed E-state index contributed by atoms with van der Waals surface area (Å²) in [5.41, 5.74) is 10.1. The molecule has 0 aliphatic rings. The highest BCUT2D eigenvalue weighted by Crippen LogP contribution is 1.81. The molecule has 0 aromatic carbocycles. The lowest BCUT2D eigenvalue weighted by Gasteiger charge is -2.05. The van der Waals surface area contributed by atoms with Gasteiger partial charge in [0.25, 0.3) is 5.17 Å². The minimum Gasteiger partial charge on any atom is -0.449 e. The molecule has 4 heteroatoms. The number of hydrogen-bond donors (Lipinski definition) is 2. The van der Waals surface area contributed by atoms with Crippen LogP contribution in [-0.4, -0.2) is 11.4 Å². The Morgan fingerprint density at radius 1 is 1.88 bits per heavy atom. The second-order valence-electron chi connectivity index (χ2n) is 1.14. The van der Waals surface area contributed by atoms with Crippen LogP contribution in [0.1, 0.15) is 0 Å². The molecule has 0 bridgehead atoms. The van der Waals surface area contributed by atoms with E-state index in [1.165, 1.54) is 6.08 Å².